The summed E-state index contributed by atoms with van der Waals surface area (Å²) in [5, 5.41) is 8.85. The quantitative estimate of drug-likeness (QED) is 0.795. The van der Waals surface area contributed by atoms with Crippen LogP contribution in [0, 0.1) is 0 Å². The number of carboxylic acids is 1. The summed E-state index contributed by atoms with van der Waals surface area (Å²) < 4.78 is 4.87. The molecule has 0 aliphatic carbocycles. The van der Waals surface area contributed by atoms with Gasteiger partial charge in [0.05, 0.1) is 5.56 Å². The lowest BCUT2D eigenvalue weighted by atomic mass is 9.93. The third-order valence-electron chi connectivity index (χ3n) is 2.95. The lowest BCUT2D eigenvalue weighted by Gasteiger charge is -2.22. The van der Waals surface area contributed by atoms with Crippen LogP contribution in [0.3, 0.4) is 0 Å². The minimum absolute atomic E-state index is 0.245. The van der Waals surface area contributed by atoms with E-state index in [0.717, 1.165) is 11.1 Å². The second kappa shape index (κ2) is 4.20. The van der Waals surface area contributed by atoms with Crippen LogP contribution < -0.4 is 0 Å². The number of benzene rings is 1. The van der Waals surface area contributed by atoms with Crippen LogP contribution in [0.2, 0.25) is 0 Å². The molecule has 0 spiro atoms. The summed E-state index contributed by atoms with van der Waals surface area (Å²) in [5.41, 5.74) is 2.29. The van der Waals surface area contributed by atoms with Crippen LogP contribution >= 0.6 is 0 Å². The summed E-state index contributed by atoms with van der Waals surface area (Å²) in [6.45, 7) is 4.08. The van der Waals surface area contributed by atoms with Gasteiger partial charge in [-0.25, -0.2) is 9.59 Å². The Labute approximate surface area is 99.2 Å². The summed E-state index contributed by atoms with van der Waals surface area (Å²) >= 11 is 0. The highest BCUT2D eigenvalue weighted by Crippen LogP contribution is 2.25. The highest BCUT2D eigenvalue weighted by molar-refractivity contribution is 5.94. The van der Waals surface area contributed by atoms with Gasteiger partial charge in [0.2, 0.25) is 6.10 Å². The molecular formula is C13H14O4. The Balaban J connectivity index is 2.38. The van der Waals surface area contributed by atoms with Crippen LogP contribution in [0.5, 0.6) is 0 Å². The first kappa shape index (κ1) is 11.6. The van der Waals surface area contributed by atoms with Crippen molar-refractivity contribution < 1.29 is 19.4 Å². The fourth-order valence-corrected chi connectivity index (χ4v) is 1.89. The SMILES string of the molecule is CC(C)c1ccc2c(c1)C(=O)OC(C(=O)O)C2. The Bertz CT molecular complexity index is 476. The topological polar surface area (TPSA) is 63.6 Å². The van der Waals surface area contributed by atoms with Gasteiger partial charge in [-0.1, -0.05) is 26.0 Å². The molecule has 4 heteroatoms. The molecule has 1 aliphatic rings. The number of esters is 1. The molecule has 1 N–H and O–H groups in total. The van der Waals surface area contributed by atoms with Crippen LogP contribution in [0.1, 0.15) is 41.3 Å². The number of rotatable bonds is 2. The Morgan fingerprint density at radius 2 is 2.18 bits per heavy atom. The first-order valence-electron chi connectivity index (χ1n) is 5.55. The third-order valence-corrected chi connectivity index (χ3v) is 2.95. The van der Waals surface area contributed by atoms with Crippen molar-refractivity contribution in [1.29, 1.82) is 0 Å². The number of carboxylic acid groups (broad SMARTS) is 1. The standard InChI is InChI=1S/C13H14O4/c1-7(2)8-3-4-9-6-11(12(14)15)17-13(16)10(9)5-8/h3-5,7,11H,6H2,1-2H3,(H,14,15). The maximum atomic E-state index is 11.7. The summed E-state index contributed by atoms with van der Waals surface area (Å²) in [4.78, 5) is 22.5. The Kier molecular flexibility index (Phi) is 2.88. The number of cyclic esters (lactones) is 1. The second-order valence-corrected chi connectivity index (χ2v) is 4.51. The van der Waals surface area contributed by atoms with E-state index in [2.05, 4.69) is 0 Å². The lowest BCUT2D eigenvalue weighted by molar-refractivity contribution is -0.147. The fraction of sp³-hybridized carbons (Fsp3) is 0.385. The van der Waals surface area contributed by atoms with Crippen molar-refractivity contribution in [3.05, 3.63) is 34.9 Å². The van der Waals surface area contributed by atoms with Gasteiger partial charge in [0.15, 0.2) is 0 Å². The zero-order valence-corrected chi connectivity index (χ0v) is 9.77. The molecular weight excluding hydrogens is 220 g/mol. The maximum absolute atomic E-state index is 11.7. The molecule has 0 fully saturated rings. The second-order valence-electron chi connectivity index (χ2n) is 4.51. The first-order chi connectivity index (χ1) is 7.99. The van der Waals surface area contributed by atoms with Gasteiger partial charge in [-0.15, -0.1) is 0 Å². The van der Waals surface area contributed by atoms with E-state index in [9.17, 15) is 9.59 Å². The van der Waals surface area contributed by atoms with E-state index in [1.165, 1.54) is 0 Å². The molecule has 17 heavy (non-hydrogen) atoms. The molecule has 1 aromatic rings. The molecule has 0 radical (unpaired) electrons. The summed E-state index contributed by atoms with van der Waals surface area (Å²) in [5.74, 6) is -1.32. The van der Waals surface area contributed by atoms with E-state index in [1.54, 1.807) is 6.07 Å². The average Bonchev–Trinajstić information content (AvgIpc) is 2.28. The predicted octanol–water partition coefficient (Wildman–Crippen LogP) is 1.98. The number of carbonyl (C=O) groups is 2. The molecule has 0 saturated heterocycles. The van der Waals surface area contributed by atoms with Gasteiger partial charge in [-0.2, -0.15) is 0 Å². The average molecular weight is 234 g/mol. The van der Waals surface area contributed by atoms with Gasteiger partial charge in [0.25, 0.3) is 0 Å². The number of fused-ring (bicyclic) bond motifs is 1. The molecule has 1 aliphatic heterocycles. The lowest BCUT2D eigenvalue weighted by Crippen LogP contribution is -2.34. The Morgan fingerprint density at radius 1 is 1.47 bits per heavy atom. The third kappa shape index (κ3) is 2.16. The van der Waals surface area contributed by atoms with Crippen molar-refractivity contribution in [2.45, 2.75) is 32.3 Å². The number of hydrogen-bond acceptors (Lipinski definition) is 3. The highest BCUT2D eigenvalue weighted by atomic mass is 16.6. The van der Waals surface area contributed by atoms with E-state index in [4.69, 9.17) is 9.84 Å². The molecule has 1 atom stereocenters. The summed E-state index contributed by atoms with van der Waals surface area (Å²) in [6, 6.07) is 5.54. The van der Waals surface area contributed by atoms with E-state index in [1.807, 2.05) is 26.0 Å². The fourth-order valence-electron chi connectivity index (χ4n) is 1.89. The molecule has 0 aromatic heterocycles. The zero-order chi connectivity index (χ0) is 12.6. The van der Waals surface area contributed by atoms with E-state index in [0.29, 0.717) is 11.5 Å². The van der Waals surface area contributed by atoms with Crippen LogP contribution in [-0.2, 0) is 16.0 Å². The van der Waals surface area contributed by atoms with Gasteiger partial charge in [-0.05, 0) is 23.1 Å². The molecule has 0 saturated carbocycles. The van der Waals surface area contributed by atoms with Crippen LogP contribution in [0.25, 0.3) is 0 Å². The maximum Gasteiger partial charge on any atom is 0.345 e. The molecule has 1 unspecified atom stereocenters. The normalized spacial score (nSPS) is 18.8. The van der Waals surface area contributed by atoms with Crippen molar-refractivity contribution >= 4 is 11.9 Å². The van der Waals surface area contributed by atoms with E-state index >= 15 is 0 Å². The van der Waals surface area contributed by atoms with Crippen molar-refractivity contribution in [1.82, 2.24) is 0 Å². The summed E-state index contributed by atoms with van der Waals surface area (Å²) in [6.07, 6.45) is -0.811. The van der Waals surface area contributed by atoms with Crippen LogP contribution in [0.15, 0.2) is 18.2 Å². The smallest absolute Gasteiger partial charge is 0.345 e. The number of carbonyl (C=O) groups excluding carboxylic acids is 1. The highest BCUT2D eigenvalue weighted by Gasteiger charge is 2.31. The Morgan fingerprint density at radius 3 is 2.76 bits per heavy atom. The minimum atomic E-state index is -1.10. The predicted molar refractivity (Wildman–Crippen MR) is 61.1 cm³/mol. The number of hydrogen-bond donors (Lipinski definition) is 1. The molecule has 90 valence electrons. The molecule has 1 aromatic carbocycles. The van der Waals surface area contributed by atoms with Crippen molar-refractivity contribution in [2.75, 3.05) is 0 Å². The van der Waals surface area contributed by atoms with Crippen molar-refractivity contribution in [2.24, 2.45) is 0 Å². The largest absolute Gasteiger partial charge is 0.478 e. The van der Waals surface area contributed by atoms with Crippen LogP contribution in [-0.4, -0.2) is 23.1 Å². The summed E-state index contributed by atoms with van der Waals surface area (Å²) in [7, 11) is 0. The molecule has 0 amide bonds. The van der Waals surface area contributed by atoms with Gasteiger partial charge < -0.3 is 9.84 Å². The molecule has 2 rings (SSSR count). The first-order valence-corrected chi connectivity index (χ1v) is 5.55. The van der Waals surface area contributed by atoms with Gasteiger partial charge in [0.1, 0.15) is 0 Å². The Hall–Kier alpha value is -1.84. The van der Waals surface area contributed by atoms with Crippen molar-refractivity contribution in [3.63, 3.8) is 0 Å². The van der Waals surface area contributed by atoms with Gasteiger partial charge >= 0.3 is 11.9 Å². The minimum Gasteiger partial charge on any atom is -0.478 e. The van der Waals surface area contributed by atoms with Gasteiger partial charge in [-0.3, -0.25) is 0 Å². The van der Waals surface area contributed by atoms with E-state index < -0.39 is 18.0 Å². The molecule has 4 nitrogen and oxygen atoms in total. The molecule has 0 bridgehead atoms. The number of aliphatic carboxylic acids is 1. The zero-order valence-electron chi connectivity index (χ0n) is 9.77. The van der Waals surface area contributed by atoms with E-state index in [-0.39, 0.29) is 6.42 Å². The monoisotopic (exact) mass is 234 g/mol. The van der Waals surface area contributed by atoms with Crippen molar-refractivity contribution in [3.8, 4) is 0 Å². The number of ether oxygens (including phenoxy) is 1. The van der Waals surface area contributed by atoms with Crippen LogP contribution in [0.4, 0.5) is 0 Å². The molecule has 1 heterocycles. The van der Waals surface area contributed by atoms with Gasteiger partial charge in [0, 0.05) is 6.42 Å².